The third kappa shape index (κ3) is 4.09. The quantitative estimate of drug-likeness (QED) is 0.747. The summed E-state index contributed by atoms with van der Waals surface area (Å²) in [5.41, 5.74) is 2.66. The number of nitrogens with one attached hydrogen (secondary N) is 1. The van der Waals surface area contributed by atoms with Gasteiger partial charge in [0.05, 0.1) is 0 Å². The van der Waals surface area contributed by atoms with Crippen LogP contribution in [-0.2, 0) is 18.3 Å². The van der Waals surface area contributed by atoms with Gasteiger partial charge in [-0.25, -0.2) is 0 Å². The largest absolute Gasteiger partial charge is 0.381 e. The highest BCUT2D eigenvalue weighted by Gasteiger charge is 2.04. The Morgan fingerprint density at radius 3 is 2.85 bits per heavy atom. The summed E-state index contributed by atoms with van der Waals surface area (Å²) in [4.78, 5) is 0. The Morgan fingerprint density at radius 2 is 2.05 bits per heavy atom. The lowest BCUT2D eigenvalue weighted by atomic mass is 10.2. The predicted molar refractivity (Wildman–Crippen MR) is 84.9 cm³/mol. The van der Waals surface area contributed by atoms with E-state index in [0.29, 0.717) is 5.92 Å². The number of para-hydroxylation sites is 1. The van der Waals surface area contributed by atoms with Crippen LogP contribution in [0.4, 0.5) is 0 Å². The molecule has 0 saturated carbocycles. The van der Waals surface area contributed by atoms with Gasteiger partial charge >= 0.3 is 0 Å². The zero-order valence-electron chi connectivity index (χ0n) is 12.9. The number of fused-ring (bicyclic) bond motifs is 1. The van der Waals surface area contributed by atoms with E-state index >= 15 is 0 Å². The van der Waals surface area contributed by atoms with Gasteiger partial charge in [-0.2, -0.15) is 0 Å². The van der Waals surface area contributed by atoms with Crippen molar-refractivity contribution in [1.29, 1.82) is 0 Å². The first-order valence-corrected chi connectivity index (χ1v) is 7.50. The van der Waals surface area contributed by atoms with Crippen molar-refractivity contribution in [1.82, 2.24) is 9.88 Å². The number of hydrogen-bond donors (Lipinski definition) is 1. The molecular formula is C17H26N2O. The van der Waals surface area contributed by atoms with Crippen molar-refractivity contribution < 1.29 is 4.74 Å². The Morgan fingerprint density at radius 1 is 1.25 bits per heavy atom. The fourth-order valence-electron chi connectivity index (χ4n) is 2.41. The summed E-state index contributed by atoms with van der Waals surface area (Å²) >= 11 is 0. The molecule has 2 rings (SSSR count). The van der Waals surface area contributed by atoms with Crippen LogP contribution in [0.3, 0.4) is 0 Å². The van der Waals surface area contributed by atoms with E-state index in [-0.39, 0.29) is 0 Å². The van der Waals surface area contributed by atoms with E-state index in [4.69, 9.17) is 4.74 Å². The first kappa shape index (κ1) is 15.1. The fourth-order valence-corrected chi connectivity index (χ4v) is 2.41. The summed E-state index contributed by atoms with van der Waals surface area (Å²) in [6, 6.07) is 8.55. The smallest absolute Gasteiger partial charge is 0.0489 e. The van der Waals surface area contributed by atoms with E-state index in [1.165, 1.54) is 16.5 Å². The molecule has 1 N–H and O–H groups in total. The highest BCUT2D eigenvalue weighted by molar-refractivity contribution is 5.83. The van der Waals surface area contributed by atoms with E-state index < -0.39 is 0 Å². The van der Waals surface area contributed by atoms with Gasteiger partial charge in [-0.05, 0) is 30.5 Å². The third-order valence-corrected chi connectivity index (χ3v) is 3.39. The van der Waals surface area contributed by atoms with Gasteiger partial charge in [0.25, 0.3) is 0 Å². The number of aryl methyl sites for hydroxylation is 1. The van der Waals surface area contributed by atoms with Gasteiger partial charge in [-0.15, -0.1) is 0 Å². The molecular weight excluding hydrogens is 248 g/mol. The van der Waals surface area contributed by atoms with Crippen molar-refractivity contribution in [3.8, 4) is 0 Å². The molecule has 0 unspecified atom stereocenters. The van der Waals surface area contributed by atoms with E-state index in [1.54, 1.807) is 0 Å². The minimum atomic E-state index is 0.624. The summed E-state index contributed by atoms with van der Waals surface area (Å²) in [6.07, 6.45) is 3.28. The minimum Gasteiger partial charge on any atom is -0.381 e. The van der Waals surface area contributed by atoms with Crippen molar-refractivity contribution in [3.05, 3.63) is 36.0 Å². The predicted octanol–water partition coefficient (Wildman–Crippen LogP) is 3.33. The lowest BCUT2D eigenvalue weighted by Gasteiger charge is -2.07. The van der Waals surface area contributed by atoms with E-state index in [1.807, 2.05) is 0 Å². The van der Waals surface area contributed by atoms with Gasteiger partial charge in [0.1, 0.15) is 0 Å². The second kappa shape index (κ2) is 7.46. The fraction of sp³-hybridized carbons (Fsp3) is 0.529. The zero-order chi connectivity index (χ0) is 14.4. The van der Waals surface area contributed by atoms with Crippen molar-refractivity contribution in [2.75, 3.05) is 19.8 Å². The molecule has 0 saturated heterocycles. The molecule has 0 aliphatic rings. The molecule has 0 aliphatic heterocycles. The topological polar surface area (TPSA) is 26.2 Å². The second-order valence-corrected chi connectivity index (χ2v) is 5.78. The molecule has 3 heteroatoms. The molecule has 0 spiro atoms. The highest BCUT2D eigenvalue weighted by Crippen LogP contribution is 2.19. The van der Waals surface area contributed by atoms with Crippen LogP contribution >= 0.6 is 0 Å². The van der Waals surface area contributed by atoms with Crippen LogP contribution in [0.25, 0.3) is 10.9 Å². The number of ether oxygens (including phenoxy) is 1. The Balaban J connectivity index is 1.74. The first-order valence-electron chi connectivity index (χ1n) is 7.50. The monoisotopic (exact) mass is 274 g/mol. The summed E-state index contributed by atoms with van der Waals surface area (Å²) in [7, 11) is 2.10. The van der Waals surface area contributed by atoms with E-state index in [9.17, 15) is 0 Å². The van der Waals surface area contributed by atoms with Crippen LogP contribution in [-0.4, -0.2) is 24.3 Å². The highest BCUT2D eigenvalue weighted by atomic mass is 16.5. The SMILES string of the molecule is CC(C)COCCCNCc1cn(C)c2ccccc12. The number of rotatable bonds is 8. The maximum atomic E-state index is 5.58. The molecule has 3 nitrogen and oxygen atoms in total. The van der Waals surface area contributed by atoms with E-state index in [2.05, 4.69) is 61.2 Å². The molecule has 0 aliphatic carbocycles. The van der Waals surface area contributed by atoms with Gasteiger partial charge in [-0.1, -0.05) is 32.0 Å². The summed E-state index contributed by atoms with van der Waals surface area (Å²) in [5, 5.41) is 4.85. The van der Waals surface area contributed by atoms with Gasteiger partial charge in [-0.3, -0.25) is 0 Å². The van der Waals surface area contributed by atoms with Crippen LogP contribution in [0.15, 0.2) is 30.5 Å². The van der Waals surface area contributed by atoms with Gasteiger partial charge in [0.2, 0.25) is 0 Å². The molecule has 2 aromatic rings. The molecule has 1 aromatic carbocycles. The molecule has 0 fully saturated rings. The van der Waals surface area contributed by atoms with Gasteiger partial charge < -0.3 is 14.6 Å². The number of hydrogen-bond acceptors (Lipinski definition) is 2. The van der Waals surface area contributed by atoms with Crippen LogP contribution in [0.5, 0.6) is 0 Å². The Bertz CT molecular complexity index is 531. The van der Waals surface area contributed by atoms with Crippen molar-refractivity contribution in [3.63, 3.8) is 0 Å². The Hall–Kier alpha value is -1.32. The van der Waals surface area contributed by atoms with Crippen LogP contribution in [0, 0.1) is 5.92 Å². The molecule has 0 atom stereocenters. The van der Waals surface area contributed by atoms with Gasteiger partial charge in [0.15, 0.2) is 0 Å². The Kier molecular flexibility index (Phi) is 5.62. The molecule has 0 radical (unpaired) electrons. The molecule has 1 heterocycles. The normalized spacial score (nSPS) is 11.6. The summed E-state index contributed by atoms with van der Waals surface area (Å²) in [6.45, 7) is 7.99. The molecule has 0 bridgehead atoms. The van der Waals surface area contributed by atoms with E-state index in [0.717, 1.165) is 32.7 Å². The summed E-state index contributed by atoms with van der Waals surface area (Å²) in [5.74, 6) is 0.624. The van der Waals surface area contributed by atoms with Crippen LogP contribution < -0.4 is 5.32 Å². The van der Waals surface area contributed by atoms with Crippen molar-refractivity contribution in [2.24, 2.45) is 13.0 Å². The van der Waals surface area contributed by atoms with Crippen molar-refractivity contribution in [2.45, 2.75) is 26.8 Å². The Labute approximate surface area is 121 Å². The lowest BCUT2D eigenvalue weighted by molar-refractivity contribution is 0.108. The number of benzene rings is 1. The number of aromatic nitrogens is 1. The average Bonchev–Trinajstić information content (AvgIpc) is 2.75. The molecule has 1 aromatic heterocycles. The van der Waals surface area contributed by atoms with Gasteiger partial charge in [0, 0.05) is 43.9 Å². The van der Waals surface area contributed by atoms with Crippen LogP contribution in [0.2, 0.25) is 0 Å². The average molecular weight is 274 g/mol. The standard InChI is InChI=1S/C17H26N2O/c1-14(2)13-20-10-6-9-18-11-15-12-19(3)17-8-5-4-7-16(15)17/h4-5,7-8,12,14,18H,6,9-11,13H2,1-3H3. The summed E-state index contributed by atoms with van der Waals surface area (Å²) < 4.78 is 7.77. The first-order chi connectivity index (χ1) is 9.68. The van der Waals surface area contributed by atoms with Crippen molar-refractivity contribution >= 4 is 10.9 Å². The molecule has 0 amide bonds. The second-order valence-electron chi connectivity index (χ2n) is 5.78. The minimum absolute atomic E-state index is 0.624. The maximum Gasteiger partial charge on any atom is 0.0489 e. The zero-order valence-corrected chi connectivity index (χ0v) is 12.9. The molecule has 20 heavy (non-hydrogen) atoms. The lowest BCUT2D eigenvalue weighted by Crippen LogP contribution is -2.16. The maximum absolute atomic E-state index is 5.58. The molecule has 110 valence electrons. The third-order valence-electron chi connectivity index (χ3n) is 3.39. The van der Waals surface area contributed by atoms with Crippen LogP contribution in [0.1, 0.15) is 25.8 Å². The number of nitrogens with zero attached hydrogens (tertiary/aromatic N) is 1.